The Morgan fingerprint density at radius 3 is 2.14 bits per heavy atom. The van der Waals surface area contributed by atoms with Crippen molar-refractivity contribution in [2.75, 3.05) is 28.9 Å². The number of para-hydroxylation sites is 1. The first-order chi connectivity index (χ1) is 21.0. The lowest BCUT2D eigenvalue weighted by Crippen LogP contribution is -2.39. The summed E-state index contributed by atoms with van der Waals surface area (Å²) < 4.78 is 54.8. The highest BCUT2D eigenvalue weighted by Gasteiger charge is 2.23. The lowest BCUT2D eigenvalue weighted by molar-refractivity contribution is -0.119. The van der Waals surface area contributed by atoms with Gasteiger partial charge in [0.25, 0.3) is 10.0 Å². The molecular weight excluding hydrogens is 603 g/mol. The fourth-order valence-corrected chi connectivity index (χ4v) is 6.52. The zero-order valence-electron chi connectivity index (χ0n) is 23.7. The third-order valence-corrected chi connectivity index (χ3v) is 9.24. The Hall–Kier alpha value is -5.14. The second-order valence-corrected chi connectivity index (χ2v) is 13.4. The topological polar surface area (TPSA) is 161 Å². The number of aromatic nitrogens is 1. The molecule has 0 radical (unpaired) electrons. The van der Waals surface area contributed by atoms with Gasteiger partial charge in [-0.05, 0) is 54.6 Å². The van der Waals surface area contributed by atoms with Gasteiger partial charge in [-0.1, -0.05) is 48.5 Å². The molecule has 1 aromatic heterocycles. The molecule has 4 aromatic carbocycles. The highest BCUT2D eigenvalue weighted by Crippen LogP contribution is 2.34. The van der Waals surface area contributed by atoms with Crippen molar-refractivity contribution in [2.45, 2.75) is 4.90 Å². The number of hydrogen-bond acceptors (Lipinski definition) is 7. The smallest absolute Gasteiger partial charge is 0.261 e. The van der Waals surface area contributed by atoms with Gasteiger partial charge < -0.3 is 15.4 Å². The number of carbonyl (C=O) groups excluding carboxylic acids is 1. The van der Waals surface area contributed by atoms with Crippen molar-refractivity contribution in [1.29, 1.82) is 0 Å². The minimum Gasteiger partial charge on any atom is -0.494 e. The molecule has 0 fully saturated rings. The molecule has 0 saturated heterocycles. The van der Waals surface area contributed by atoms with Crippen molar-refractivity contribution in [3.05, 3.63) is 114 Å². The number of aliphatic imine (C=N–C) groups is 1. The van der Waals surface area contributed by atoms with Gasteiger partial charge in [-0.3, -0.25) is 13.8 Å². The molecule has 11 nitrogen and oxygen atoms in total. The van der Waals surface area contributed by atoms with Crippen molar-refractivity contribution in [1.82, 2.24) is 10.3 Å². The highest BCUT2D eigenvalue weighted by molar-refractivity contribution is 7.92. The molecule has 0 unspecified atom stereocenters. The highest BCUT2D eigenvalue weighted by atomic mass is 32.2. The molecule has 0 aliphatic rings. The first kappa shape index (κ1) is 30.3. The van der Waals surface area contributed by atoms with Crippen LogP contribution in [0.15, 0.2) is 113 Å². The molecule has 44 heavy (non-hydrogen) atoms. The number of carbonyl (C=O) groups is 1. The van der Waals surface area contributed by atoms with Crippen LogP contribution in [-0.4, -0.2) is 58.4 Å². The van der Waals surface area contributed by atoms with E-state index in [1.165, 1.54) is 31.3 Å². The van der Waals surface area contributed by atoms with E-state index in [4.69, 9.17) is 4.99 Å². The number of sulfonamides is 2. The van der Waals surface area contributed by atoms with Crippen LogP contribution in [0.3, 0.4) is 0 Å². The molecule has 226 valence electrons. The van der Waals surface area contributed by atoms with Gasteiger partial charge in [0.1, 0.15) is 6.54 Å². The molecule has 1 heterocycles. The number of anilines is 2. The first-order valence-electron chi connectivity index (χ1n) is 13.3. The summed E-state index contributed by atoms with van der Waals surface area (Å²) in [7, 11) is -6.30. The summed E-state index contributed by atoms with van der Waals surface area (Å²) in [5.74, 6) is -0.683. The van der Waals surface area contributed by atoms with E-state index in [2.05, 4.69) is 15.0 Å². The van der Waals surface area contributed by atoms with Crippen LogP contribution in [0.4, 0.5) is 17.1 Å². The number of hydrogen-bond donors (Lipinski definition) is 4. The van der Waals surface area contributed by atoms with Gasteiger partial charge in [0.15, 0.2) is 5.88 Å². The Bertz CT molecular complexity index is 2060. The summed E-state index contributed by atoms with van der Waals surface area (Å²) in [5.41, 5.74) is 2.86. The number of fused-ring (bicyclic) bond motifs is 1. The number of aromatic amines is 1. The summed E-state index contributed by atoms with van der Waals surface area (Å²) in [6.07, 6.45) is 1.01. The van der Waals surface area contributed by atoms with E-state index in [-0.39, 0.29) is 28.6 Å². The normalized spacial score (nSPS) is 12.2. The maximum Gasteiger partial charge on any atom is 0.261 e. The van der Waals surface area contributed by atoms with Crippen LogP contribution in [0.5, 0.6) is 5.88 Å². The second kappa shape index (κ2) is 12.2. The minimum absolute atomic E-state index is 0.0112. The molecule has 0 aliphatic carbocycles. The van der Waals surface area contributed by atoms with Gasteiger partial charge >= 0.3 is 0 Å². The summed E-state index contributed by atoms with van der Waals surface area (Å²) in [6, 6.07) is 28.3. The Morgan fingerprint density at radius 2 is 1.52 bits per heavy atom. The van der Waals surface area contributed by atoms with Crippen molar-refractivity contribution in [2.24, 2.45) is 4.99 Å². The number of nitrogens with zero attached hydrogens (tertiary/aromatic N) is 2. The Morgan fingerprint density at radius 1 is 0.886 bits per heavy atom. The van der Waals surface area contributed by atoms with E-state index < -0.39 is 26.0 Å². The van der Waals surface area contributed by atoms with Crippen LogP contribution in [0.1, 0.15) is 11.1 Å². The number of H-pyrrole nitrogens is 1. The quantitative estimate of drug-likeness (QED) is 0.168. The van der Waals surface area contributed by atoms with E-state index in [9.17, 15) is 26.7 Å². The SMILES string of the molecule is CNC(=O)CN(c1ccc(N=C(c2ccccc2)c2c(O)[nH]c3ccc(S(=O)(=O)Nc4ccccc4)cc23)cc1)S(C)(=O)=O. The number of rotatable bonds is 10. The monoisotopic (exact) mass is 631 g/mol. The molecule has 0 saturated carbocycles. The molecule has 0 bridgehead atoms. The van der Waals surface area contributed by atoms with E-state index in [0.29, 0.717) is 33.6 Å². The van der Waals surface area contributed by atoms with E-state index in [1.807, 2.05) is 18.2 Å². The fraction of sp³-hybridized carbons (Fsp3) is 0.0968. The van der Waals surface area contributed by atoms with Crippen LogP contribution in [0.25, 0.3) is 10.9 Å². The first-order valence-corrected chi connectivity index (χ1v) is 16.6. The predicted molar refractivity (Wildman–Crippen MR) is 172 cm³/mol. The number of benzene rings is 4. The summed E-state index contributed by atoms with van der Waals surface area (Å²) >= 11 is 0. The van der Waals surface area contributed by atoms with Crippen molar-refractivity contribution in [3.63, 3.8) is 0 Å². The molecule has 4 N–H and O–H groups in total. The maximum absolute atomic E-state index is 13.3. The van der Waals surface area contributed by atoms with Crippen molar-refractivity contribution in [3.8, 4) is 5.88 Å². The predicted octanol–water partition coefficient (Wildman–Crippen LogP) is 4.36. The van der Waals surface area contributed by atoms with Crippen LogP contribution in [-0.2, 0) is 24.8 Å². The number of amides is 1. The van der Waals surface area contributed by atoms with Gasteiger partial charge in [0, 0.05) is 29.2 Å². The lowest BCUT2D eigenvalue weighted by Gasteiger charge is -2.21. The lowest BCUT2D eigenvalue weighted by atomic mass is 10.0. The van der Waals surface area contributed by atoms with Gasteiger partial charge in [-0.2, -0.15) is 0 Å². The van der Waals surface area contributed by atoms with Crippen LogP contribution in [0, 0.1) is 0 Å². The van der Waals surface area contributed by atoms with Gasteiger partial charge in [0.2, 0.25) is 15.9 Å². The average Bonchev–Trinajstić information content (AvgIpc) is 3.33. The average molecular weight is 632 g/mol. The standard InChI is InChI=1S/C31H29N5O6S2/c1-32-28(37)20-36(43(2,39)40)24-15-13-22(14-16-24)33-30(21-9-5-3-6-10-21)29-26-19-25(17-18-27(26)34-31(29)38)44(41,42)35-23-11-7-4-8-12-23/h3-19,34-35,38H,20H2,1-2H3,(H,32,37). The molecular formula is C31H29N5O6S2. The van der Waals surface area contributed by atoms with Crippen LogP contribution >= 0.6 is 0 Å². The summed E-state index contributed by atoms with van der Waals surface area (Å²) in [4.78, 5) is 19.7. The molecule has 0 atom stereocenters. The zero-order valence-corrected chi connectivity index (χ0v) is 25.4. The Kier molecular flexibility index (Phi) is 8.43. The molecule has 0 spiro atoms. The molecule has 13 heteroatoms. The van der Waals surface area contributed by atoms with E-state index >= 15 is 0 Å². The molecule has 1 amide bonds. The molecule has 0 aliphatic heterocycles. The second-order valence-electron chi connectivity index (χ2n) is 9.81. The zero-order chi connectivity index (χ0) is 31.5. The third-order valence-electron chi connectivity index (χ3n) is 6.72. The van der Waals surface area contributed by atoms with E-state index in [0.717, 1.165) is 10.6 Å². The maximum atomic E-state index is 13.3. The molecule has 5 rings (SSSR count). The fourth-order valence-electron chi connectivity index (χ4n) is 4.58. The van der Waals surface area contributed by atoms with E-state index in [1.54, 1.807) is 60.7 Å². The number of likely N-dealkylation sites (N-methyl/N-ethyl adjacent to an activating group) is 1. The van der Waals surface area contributed by atoms with Gasteiger partial charge in [0.05, 0.1) is 33.8 Å². The summed E-state index contributed by atoms with van der Waals surface area (Å²) in [5, 5.41) is 13.9. The van der Waals surface area contributed by atoms with Gasteiger partial charge in [-0.25, -0.2) is 21.8 Å². The largest absolute Gasteiger partial charge is 0.494 e. The molecule has 5 aromatic rings. The third kappa shape index (κ3) is 6.58. The van der Waals surface area contributed by atoms with Crippen LogP contribution in [0.2, 0.25) is 0 Å². The van der Waals surface area contributed by atoms with Gasteiger partial charge in [-0.15, -0.1) is 0 Å². The van der Waals surface area contributed by atoms with Crippen LogP contribution < -0.4 is 14.3 Å². The van der Waals surface area contributed by atoms with Crippen molar-refractivity contribution < 1.29 is 26.7 Å². The Balaban J connectivity index is 1.61. The summed E-state index contributed by atoms with van der Waals surface area (Å²) in [6.45, 7) is -0.388. The van der Waals surface area contributed by atoms with Crippen molar-refractivity contribution >= 4 is 59.6 Å². The number of nitrogens with one attached hydrogen (secondary N) is 3. The Labute approximate surface area is 255 Å². The number of aromatic hydroxyl groups is 1. The minimum atomic E-state index is -3.96.